The fourth-order valence-corrected chi connectivity index (χ4v) is 3.35. The summed E-state index contributed by atoms with van der Waals surface area (Å²) >= 11 is 3.29. The number of aromatic nitrogens is 1. The third-order valence-corrected chi connectivity index (χ3v) is 4.58. The van der Waals surface area contributed by atoms with Crippen LogP contribution in [0.2, 0.25) is 0 Å². The van der Waals surface area contributed by atoms with Crippen LogP contribution in [-0.2, 0) is 5.75 Å². The number of methoxy groups -OCH3 is 1. The van der Waals surface area contributed by atoms with Crippen molar-refractivity contribution in [2.24, 2.45) is 0 Å². The van der Waals surface area contributed by atoms with E-state index in [2.05, 4.69) is 4.98 Å². The van der Waals surface area contributed by atoms with Gasteiger partial charge in [0.1, 0.15) is 16.4 Å². The summed E-state index contributed by atoms with van der Waals surface area (Å²) in [7, 11) is 1.64. The first-order chi connectivity index (χ1) is 8.72. The average Bonchev–Trinajstić information content (AvgIpc) is 2.81. The smallest absolute Gasteiger partial charge is 0.150 e. The number of benzene rings is 1. The van der Waals surface area contributed by atoms with Crippen LogP contribution < -0.4 is 4.74 Å². The summed E-state index contributed by atoms with van der Waals surface area (Å²) in [4.78, 5) is 15.2. The van der Waals surface area contributed by atoms with Crippen molar-refractivity contribution in [1.82, 2.24) is 4.98 Å². The predicted molar refractivity (Wildman–Crippen MR) is 74.8 cm³/mol. The number of aldehydes is 1. The van der Waals surface area contributed by atoms with E-state index >= 15 is 0 Å². The lowest BCUT2D eigenvalue weighted by atomic mass is 10.1. The van der Waals surface area contributed by atoms with Crippen molar-refractivity contribution >= 4 is 29.4 Å². The maximum Gasteiger partial charge on any atom is 0.150 e. The lowest BCUT2D eigenvalue weighted by molar-refractivity contribution is 0.112. The second kappa shape index (κ2) is 6.02. The van der Waals surface area contributed by atoms with Crippen molar-refractivity contribution in [2.45, 2.75) is 17.0 Å². The van der Waals surface area contributed by atoms with Crippen LogP contribution in [0.3, 0.4) is 0 Å². The predicted octanol–water partition coefficient (Wildman–Crippen LogP) is 3.56. The fourth-order valence-electron chi connectivity index (χ4n) is 1.52. The van der Waals surface area contributed by atoms with Crippen LogP contribution in [0.15, 0.2) is 27.9 Å². The summed E-state index contributed by atoms with van der Waals surface area (Å²) < 4.78 is 6.33. The highest BCUT2D eigenvalue weighted by Crippen LogP contribution is 2.30. The lowest BCUT2D eigenvalue weighted by Crippen LogP contribution is -1.92. The lowest BCUT2D eigenvalue weighted by Gasteiger charge is -2.07. The maximum absolute atomic E-state index is 10.8. The molecule has 0 saturated carbocycles. The molecule has 0 saturated heterocycles. The van der Waals surface area contributed by atoms with Gasteiger partial charge in [0.05, 0.1) is 7.11 Å². The number of aryl methyl sites for hydroxylation is 1. The van der Waals surface area contributed by atoms with Gasteiger partial charge in [0.25, 0.3) is 0 Å². The molecule has 0 atom stereocenters. The molecule has 3 nitrogen and oxygen atoms in total. The summed E-state index contributed by atoms with van der Waals surface area (Å²) in [6.45, 7) is 1.98. The molecular formula is C13H13NO2S2. The molecule has 0 spiro atoms. The Balaban J connectivity index is 2.14. The van der Waals surface area contributed by atoms with Crippen molar-refractivity contribution in [2.75, 3.05) is 7.11 Å². The van der Waals surface area contributed by atoms with Crippen LogP contribution in [-0.4, -0.2) is 18.4 Å². The highest BCUT2D eigenvalue weighted by molar-refractivity contribution is 8.00. The zero-order valence-corrected chi connectivity index (χ0v) is 11.8. The van der Waals surface area contributed by atoms with E-state index in [1.807, 2.05) is 24.4 Å². The molecule has 0 aliphatic heterocycles. The highest BCUT2D eigenvalue weighted by atomic mass is 32.2. The molecule has 18 heavy (non-hydrogen) atoms. The minimum absolute atomic E-state index is 0.668. The van der Waals surface area contributed by atoms with Crippen molar-refractivity contribution in [3.63, 3.8) is 0 Å². The van der Waals surface area contributed by atoms with Gasteiger partial charge in [0, 0.05) is 28.0 Å². The molecule has 0 aliphatic carbocycles. The topological polar surface area (TPSA) is 39.2 Å². The Hall–Kier alpha value is -1.33. The first-order valence-corrected chi connectivity index (χ1v) is 7.26. The molecule has 2 rings (SSSR count). The molecule has 0 bridgehead atoms. The first-order valence-electron chi connectivity index (χ1n) is 5.40. The molecule has 0 fully saturated rings. The summed E-state index contributed by atoms with van der Waals surface area (Å²) in [6.07, 6.45) is 0.848. The number of ether oxygens (including phenoxy) is 1. The van der Waals surface area contributed by atoms with Crippen molar-refractivity contribution in [3.05, 3.63) is 40.4 Å². The van der Waals surface area contributed by atoms with Gasteiger partial charge < -0.3 is 4.74 Å². The van der Waals surface area contributed by atoms with E-state index in [4.69, 9.17) is 4.74 Å². The van der Waals surface area contributed by atoms with E-state index in [0.717, 1.165) is 33.4 Å². The summed E-state index contributed by atoms with van der Waals surface area (Å²) in [5.41, 5.74) is 2.72. The van der Waals surface area contributed by atoms with E-state index in [1.54, 1.807) is 36.3 Å². The third kappa shape index (κ3) is 3.11. The Morgan fingerprint density at radius 1 is 1.50 bits per heavy atom. The summed E-state index contributed by atoms with van der Waals surface area (Å²) in [6, 6.07) is 5.44. The van der Waals surface area contributed by atoms with Gasteiger partial charge in [-0.15, -0.1) is 11.3 Å². The Labute approximate surface area is 114 Å². The van der Waals surface area contributed by atoms with E-state index in [9.17, 15) is 4.79 Å². The van der Waals surface area contributed by atoms with Gasteiger partial charge in [-0.05, 0) is 25.1 Å². The molecule has 2 aromatic rings. The van der Waals surface area contributed by atoms with E-state index < -0.39 is 0 Å². The van der Waals surface area contributed by atoms with E-state index in [1.165, 1.54) is 0 Å². The molecule has 0 N–H and O–H groups in total. The van der Waals surface area contributed by atoms with Gasteiger partial charge in [0.2, 0.25) is 0 Å². The number of hydrogen-bond donors (Lipinski definition) is 0. The van der Waals surface area contributed by atoms with Gasteiger partial charge in [0.15, 0.2) is 0 Å². The van der Waals surface area contributed by atoms with Gasteiger partial charge >= 0.3 is 0 Å². The van der Waals surface area contributed by atoms with Gasteiger partial charge in [-0.2, -0.15) is 0 Å². The normalized spacial score (nSPS) is 10.3. The molecular weight excluding hydrogens is 266 g/mol. The number of carbonyl (C=O) groups excluding carboxylic acids is 1. The second-order valence-corrected chi connectivity index (χ2v) is 5.81. The molecule has 0 unspecified atom stereocenters. The molecule has 1 aromatic heterocycles. The Kier molecular flexibility index (Phi) is 4.38. The van der Waals surface area contributed by atoms with Crippen LogP contribution in [0.1, 0.15) is 21.6 Å². The van der Waals surface area contributed by atoms with E-state index in [0.29, 0.717) is 5.56 Å². The van der Waals surface area contributed by atoms with Gasteiger partial charge in [-0.1, -0.05) is 11.8 Å². The van der Waals surface area contributed by atoms with Gasteiger partial charge in [-0.3, -0.25) is 4.79 Å². The van der Waals surface area contributed by atoms with Crippen LogP contribution in [0, 0.1) is 6.92 Å². The monoisotopic (exact) mass is 279 g/mol. The second-order valence-electron chi connectivity index (χ2n) is 3.73. The van der Waals surface area contributed by atoms with Crippen molar-refractivity contribution in [1.29, 1.82) is 0 Å². The minimum Gasteiger partial charge on any atom is -0.496 e. The quantitative estimate of drug-likeness (QED) is 0.619. The van der Waals surface area contributed by atoms with Crippen LogP contribution in [0.5, 0.6) is 5.75 Å². The van der Waals surface area contributed by atoms with Crippen LogP contribution >= 0.6 is 23.1 Å². The first kappa shape index (κ1) is 13.1. The van der Waals surface area contributed by atoms with Crippen LogP contribution in [0.4, 0.5) is 0 Å². The minimum atomic E-state index is 0.668. The number of thioether (sulfide) groups is 1. The number of rotatable bonds is 5. The zero-order valence-electron chi connectivity index (χ0n) is 10.2. The standard InChI is InChI=1S/C13H13NO2S2/c1-9-7-17-13(14-9)18-8-11-5-10(6-15)3-4-12(11)16-2/h3-7H,8H2,1-2H3. The number of nitrogens with zero attached hydrogens (tertiary/aromatic N) is 1. The largest absolute Gasteiger partial charge is 0.496 e. The maximum atomic E-state index is 10.8. The third-order valence-electron chi connectivity index (χ3n) is 2.39. The number of thiazole rings is 1. The molecule has 0 amide bonds. The Morgan fingerprint density at radius 3 is 2.94 bits per heavy atom. The Morgan fingerprint density at radius 2 is 2.33 bits per heavy atom. The zero-order chi connectivity index (χ0) is 13.0. The van der Waals surface area contributed by atoms with E-state index in [-0.39, 0.29) is 0 Å². The van der Waals surface area contributed by atoms with Crippen LogP contribution in [0.25, 0.3) is 0 Å². The Bertz CT molecular complexity index is 552. The molecule has 94 valence electrons. The molecule has 0 aliphatic rings. The van der Waals surface area contributed by atoms with Gasteiger partial charge in [-0.25, -0.2) is 4.98 Å². The number of hydrogen-bond acceptors (Lipinski definition) is 5. The van der Waals surface area contributed by atoms with Crippen molar-refractivity contribution in [3.8, 4) is 5.75 Å². The highest BCUT2D eigenvalue weighted by Gasteiger charge is 2.07. The summed E-state index contributed by atoms with van der Waals surface area (Å²) in [5, 5.41) is 2.03. The molecule has 1 heterocycles. The number of carbonyl (C=O) groups is 1. The molecule has 5 heteroatoms. The molecule has 0 radical (unpaired) electrons. The van der Waals surface area contributed by atoms with Crippen molar-refractivity contribution < 1.29 is 9.53 Å². The SMILES string of the molecule is COc1ccc(C=O)cc1CSc1nc(C)cs1. The molecule has 1 aromatic carbocycles. The summed E-state index contributed by atoms with van der Waals surface area (Å²) in [5.74, 6) is 1.55. The average molecular weight is 279 g/mol. The fraction of sp³-hybridized carbons (Fsp3) is 0.231.